The zero-order valence-corrected chi connectivity index (χ0v) is 10.7. The molecular formula is C14H26N2. The minimum atomic E-state index is 0.856. The van der Waals surface area contributed by atoms with Crippen molar-refractivity contribution >= 4 is 0 Å². The smallest absolute Gasteiger partial charge is 0.0223 e. The molecule has 2 aliphatic heterocycles. The van der Waals surface area contributed by atoms with E-state index in [9.17, 15) is 0 Å². The minimum Gasteiger partial charge on any atom is -0.298 e. The van der Waals surface area contributed by atoms with Crippen LogP contribution in [-0.4, -0.2) is 48.1 Å². The van der Waals surface area contributed by atoms with Gasteiger partial charge in [-0.15, -0.1) is 0 Å². The van der Waals surface area contributed by atoms with E-state index in [1.807, 2.05) is 0 Å². The van der Waals surface area contributed by atoms with Crippen molar-refractivity contribution in [3.05, 3.63) is 0 Å². The van der Waals surface area contributed by atoms with Crippen LogP contribution in [0.25, 0.3) is 0 Å². The summed E-state index contributed by atoms with van der Waals surface area (Å²) in [5.41, 5.74) is 0. The Morgan fingerprint density at radius 3 is 2.69 bits per heavy atom. The number of hydrogen-bond donors (Lipinski definition) is 0. The van der Waals surface area contributed by atoms with Gasteiger partial charge in [-0.05, 0) is 44.6 Å². The molecule has 2 atom stereocenters. The summed E-state index contributed by atoms with van der Waals surface area (Å²) in [5, 5.41) is 0. The first-order chi connectivity index (χ1) is 7.86. The molecule has 2 heteroatoms. The lowest BCUT2D eigenvalue weighted by Crippen LogP contribution is -2.59. The quantitative estimate of drug-likeness (QED) is 0.723. The molecule has 0 aromatic carbocycles. The number of piperazine rings is 1. The standard InChI is InChI=1S/C14H26N2/c1-2-13-10-15-8-4-3-5-14(15)11-16(13)9-12-6-7-12/h12-14H,2-11H2,1H3. The van der Waals surface area contributed by atoms with Crippen molar-refractivity contribution in [3.8, 4) is 0 Å². The van der Waals surface area contributed by atoms with Crippen molar-refractivity contribution in [3.63, 3.8) is 0 Å². The summed E-state index contributed by atoms with van der Waals surface area (Å²) < 4.78 is 0. The molecule has 1 aliphatic carbocycles. The van der Waals surface area contributed by atoms with Crippen LogP contribution in [0.4, 0.5) is 0 Å². The lowest BCUT2D eigenvalue weighted by atomic mass is 9.95. The van der Waals surface area contributed by atoms with Crippen molar-refractivity contribution in [2.24, 2.45) is 5.92 Å². The van der Waals surface area contributed by atoms with Crippen LogP contribution in [0.15, 0.2) is 0 Å². The molecule has 0 aromatic rings. The highest BCUT2D eigenvalue weighted by Gasteiger charge is 2.36. The predicted octanol–water partition coefficient (Wildman–Crippen LogP) is 2.35. The third-order valence-electron chi connectivity index (χ3n) is 4.82. The lowest BCUT2D eigenvalue weighted by Gasteiger charge is -2.48. The van der Waals surface area contributed by atoms with Crippen molar-refractivity contribution in [1.29, 1.82) is 0 Å². The average molecular weight is 222 g/mol. The van der Waals surface area contributed by atoms with Crippen molar-refractivity contribution in [2.45, 2.75) is 57.5 Å². The van der Waals surface area contributed by atoms with Crippen molar-refractivity contribution < 1.29 is 0 Å². The Bertz CT molecular complexity index is 237. The predicted molar refractivity (Wildman–Crippen MR) is 67.6 cm³/mol. The average Bonchev–Trinajstić information content (AvgIpc) is 3.12. The van der Waals surface area contributed by atoms with Crippen LogP contribution in [0.1, 0.15) is 45.4 Å². The Kier molecular flexibility index (Phi) is 3.21. The fourth-order valence-electron chi connectivity index (χ4n) is 3.56. The van der Waals surface area contributed by atoms with E-state index in [0.29, 0.717) is 0 Å². The van der Waals surface area contributed by atoms with Gasteiger partial charge in [0, 0.05) is 31.7 Å². The SMILES string of the molecule is CCC1CN2CCCCC2CN1CC1CC1. The molecule has 0 spiro atoms. The lowest BCUT2D eigenvalue weighted by molar-refractivity contribution is 0.00540. The number of rotatable bonds is 3. The second-order valence-electron chi connectivity index (χ2n) is 6.10. The molecule has 2 saturated heterocycles. The summed E-state index contributed by atoms with van der Waals surface area (Å²) in [6.07, 6.45) is 8.71. The van der Waals surface area contributed by atoms with E-state index in [0.717, 1.165) is 18.0 Å². The molecule has 3 fully saturated rings. The van der Waals surface area contributed by atoms with Crippen molar-refractivity contribution in [1.82, 2.24) is 9.80 Å². The summed E-state index contributed by atoms with van der Waals surface area (Å²) in [7, 11) is 0. The maximum absolute atomic E-state index is 2.82. The van der Waals surface area contributed by atoms with Crippen LogP contribution in [-0.2, 0) is 0 Å². The normalized spacial score (nSPS) is 37.3. The fraction of sp³-hybridized carbons (Fsp3) is 1.00. The maximum atomic E-state index is 2.82. The van der Waals surface area contributed by atoms with Gasteiger partial charge in [0.2, 0.25) is 0 Å². The number of hydrogen-bond acceptors (Lipinski definition) is 2. The van der Waals surface area contributed by atoms with Gasteiger partial charge in [0.25, 0.3) is 0 Å². The summed E-state index contributed by atoms with van der Waals surface area (Å²) in [4.78, 5) is 5.60. The first-order valence-electron chi connectivity index (χ1n) is 7.35. The fourth-order valence-corrected chi connectivity index (χ4v) is 3.56. The van der Waals surface area contributed by atoms with Gasteiger partial charge >= 0.3 is 0 Å². The van der Waals surface area contributed by atoms with Gasteiger partial charge < -0.3 is 0 Å². The molecule has 3 rings (SSSR count). The molecule has 92 valence electrons. The van der Waals surface area contributed by atoms with Gasteiger partial charge in [-0.1, -0.05) is 13.3 Å². The molecule has 3 aliphatic rings. The van der Waals surface area contributed by atoms with Gasteiger partial charge in [0.15, 0.2) is 0 Å². The monoisotopic (exact) mass is 222 g/mol. The Balaban J connectivity index is 1.62. The van der Waals surface area contributed by atoms with Crippen LogP contribution in [0.5, 0.6) is 0 Å². The Morgan fingerprint density at radius 1 is 1.06 bits per heavy atom. The molecule has 1 saturated carbocycles. The molecular weight excluding hydrogens is 196 g/mol. The van der Waals surface area contributed by atoms with Crippen LogP contribution in [0.2, 0.25) is 0 Å². The van der Waals surface area contributed by atoms with Gasteiger partial charge in [0.1, 0.15) is 0 Å². The number of piperidine rings is 1. The summed E-state index contributed by atoms with van der Waals surface area (Å²) in [6.45, 7) is 7.87. The highest BCUT2D eigenvalue weighted by molar-refractivity contribution is 4.92. The summed E-state index contributed by atoms with van der Waals surface area (Å²) in [6, 6.07) is 1.75. The largest absolute Gasteiger partial charge is 0.298 e. The molecule has 0 bridgehead atoms. The first kappa shape index (κ1) is 11.0. The zero-order valence-electron chi connectivity index (χ0n) is 10.7. The molecule has 2 nitrogen and oxygen atoms in total. The number of fused-ring (bicyclic) bond motifs is 1. The van der Waals surface area contributed by atoms with Crippen LogP contribution < -0.4 is 0 Å². The first-order valence-corrected chi connectivity index (χ1v) is 7.35. The zero-order chi connectivity index (χ0) is 11.0. The second kappa shape index (κ2) is 4.66. The molecule has 0 radical (unpaired) electrons. The van der Waals surface area contributed by atoms with E-state index in [2.05, 4.69) is 16.7 Å². The topological polar surface area (TPSA) is 6.48 Å². The van der Waals surface area contributed by atoms with Crippen LogP contribution in [0.3, 0.4) is 0 Å². The highest BCUT2D eigenvalue weighted by atomic mass is 15.3. The minimum absolute atomic E-state index is 0.856. The van der Waals surface area contributed by atoms with E-state index < -0.39 is 0 Å². The third-order valence-corrected chi connectivity index (χ3v) is 4.82. The number of nitrogens with zero attached hydrogens (tertiary/aromatic N) is 2. The maximum Gasteiger partial charge on any atom is 0.0223 e. The Hall–Kier alpha value is -0.0800. The van der Waals surface area contributed by atoms with Crippen molar-refractivity contribution in [2.75, 3.05) is 26.2 Å². The molecule has 16 heavy (non-hydrogen) atoms. The van der Waals surface area contributed by atoms with E-state index in [4.69, 9.17) is 0 Å². The van der Waals surface area contributed by atoms with Gasteiger partial charge in [-0.3, -0.25) is 9.80 Å². The highest BCUT2D eigenvalue weighted by Crippen LogP contribution is 2.33. The van der Waals surface area contributed by atoms with E-state index in [1.165, 1.54) is 64.7 Å². The van der Waals surface area contributed by atoms with E-state index >= 15 is 0 Å². The second-order valence-corrected chi connectivity index (χ2v) is 6.10. The molecule has 2 heterocycles. The third kappa shape index (κ3) is 2.28. The van der Waals surface area contributed by atoms with E-state index in [-0.39, 0.29) is 0 Å². The van der Waals surface area contributed by atoms with E-state index in [1.54, 1.807) is 0 Å². The van der Waals surface area contributed by atoms with Crippen LogP contribution >= 0.6 is 0 Å². The molecule has 0 N–H and O–H groups in total. The van der Waals surface area contributed by atoms with Crippen LogP contribution in [0, 0.1) is 5.92 Å². The molecule has 0 amide bonds. The van der Waals surface area contributed by atoms with Gasteiger partial charge in [-0.25, -0.2) is 0 Å². The molecule has 2 unspecified atom stereocenters. The summed E-state index contributed by atoms with van der Waals surface area (Å²) >= 11 is 0. The summed E-state index contributed by atoms with van der Waals surface area (Å²) in [5.74, 6) is 1.06. The van der Waals surface area contributed by atoms with Gasteiger partial charge in [0.05, 0.1) is 0 Å². The molecule has 0 aromatic heterocycles. The van der Waals surface area contributed by atoms with Gasteiger partial charge in [-0.2, -0.15) is 0 Å². The Labute approximate surface area is 100.0 Å². The Morgan fingerprint density at radius 2 is 1.94 bits per heavy atom.